The zero-order valence-electron chi connectivity index (χ0n) is 13.2. The quantitative estimate of drug-likeness (QED) is 0.842. The lowest BCUT2D eigenvalue weighted by Gasteiger charge is -2.37. The number of rotatable bonds is 4. The minimum absolute atomic E-state index is 0.391. The fourth-order valence-corrected chi connectivity index (χ4v) is 4.09. The zero-order valence-corrected chi connectivity index (χ0v) is 13.2. The lowest BCUT2D eigenvalue weighted by atomic mass is 9.84. The van der Waals surface area contributed by atoms with Crippen LogP contribution >= 0.6 is 0 Å². The van der Waals surface area contributed by atoms with Gasteiger partial charge in [-0.05, 0) is 31.0 Å². The second-order valence-electron chi connectivity index (χ2n) is 6.81. The summed E-state index contributed by atoms with van der Waals surface area (Å²) in [5.41, 5.74) is 0. The van der Waals surface area contributed by atoms with Crippen LogP contribution in [0.3, 0.4) is 0 Å². The summed E-state index contributed by atoms with van der Waals surface area (Å²) >= 11 is 0. The van der Waals surface area contributed by atoms with Crippen molar-refractivity contribution in [1.29, 1.82) is 0 Å². The molecule has 122 valence electrons. The average molecular weight is 306 g/mol. The topological polar surface area (TPSA) is 38.1 Å². The number of likely N-dealkylation sites (tertiary alicyclic amines) is 1. The van der Waals surface area contributed by atoms with Gasteiger partial charge < -0.3 is 13.9 Å². The summed E-state index contributed by atoms with van der Waals surface area (Å²) in [5, 5.41) is 0. The smallest absolute Gasteiger partial charge is 0.117 e. The number of piperidine rings is 1. The maximum atomic E-state index is 6.15. The van der Waals surface area contributed by atoms with Gasteiger partial charge in [-0.2, -0.15) is 0 Å². The summed E-state index contributed by atoms with van der Waals surface area (Å²) in [4.78, 5) is 5.03. The highest BCUT2D eigenvalue weighted by Gasteiger charge is 2.41. The lowest BCUT2D eigenvalue weighted by molar-refractivity contribution is -0.00518. The van der Waals surface area contributed by atoms with Gasteiger partial charge in [0.2, 0.25) is 0 Å². The third-order valence-corrected chi connectivity index (χ3v) is 5.39. The van der Waals surface area contributed by atoms with Gasteiger partial charge in [-0.15, -0.1) is 0 Å². The van der Waals surface area contributed by atoms with Crippen molar-refractivity contribution in [3.8, 4) is 0 Å². The number of fused-ring (bicyclic) bond motifs is 1. The molecule has 1 aromatic rings. The predicted molar refractivity (Wildman–Crippen MR) is 82.6 cm³/mol. The first kappa shape index (κ1) is 14.7. The van der Waals surface area contributed by atoms with Gasteiger partial charge in [0.25, 0.3) is 0 Å². The van der Waals surface area contributed by atoms with Gasteiger partial charge in [0.1, 0.15) is 5.76 Å². The van der Waals surface area contributed by atoms with Crippen molar-refractivity contribution >= 4 is 0 Å². The van der Waals surface area contributed by atoms with E-state index in [0.29, 0.717) is 12.0 Å². The van der Waals surface area contributed by atoms with Crippen molar-refractivity contribution in [2.24, 2.45) is 11.8 Å². The molecule has 0 bridgehead atoms. The molecule has 0 aromatic carbocycles. The second kappa shape index (κ2) is 6.71. The predicted octanol–water partition coefficient (Wildman–Crippen LogP) is 1.45. The summed E-state index contributed by atoms with van der Waals surface area (Å²) in [7, 11) is 0. The van der Waals surface area contributed by atoms with E-state index in [1.165, 1.54) is 6.42 Å². The molecule has 5 nitrogen and oxygen atoms in total. The number of ether oxygens (including phenoxy) is 2. The molecular formula is C17H26N2O3. The third-order valence-electron chi connectivity index (χ3n) is 5.39. The van der Waals surface area contributed by atoms with E-state index < -0.39 is 0 Å². The summed E-state index contributed by atoms with van der Waals surface area (Å²) in [6, 6.07) is 4.05. The van der Waals surface area contributed by atoms with Crippen molar-refractivity contribution in [1.82, 2.24) is 9.80 Å². The Morgan fingerprint density at radius 3 is 2.86 bits per heavy atom. The van der Waals surface area contributed by atoms with E-state index >= 15 is 0 Å². The van der Waals surface area contributed by atoms with Gasteiger partial charge in [0.15, 0.2) is 0 Å². The first-order valence-corrected chi connectivity index (χ1v) is 8.55. The van der Waals surface area contributed by atoms with Gasteiger partial charge in [-0.25, -0.2) is 0 Å². The van der Waals surface area contributed by atoms with E-state index in [2.05, 4.69) is 15.9 Å². The second-order valence-corrected chi connectivity index (χ2v) is 6.81. The van der Waals surface area contributed by atoms with Gasteiger partial charge in [-0.1, -0.05) is 0 Å². The fraction of sp³-hybridized carbons (Fsp3) is 0.765. The molecular weight excluding hydrogens is 280 g/mol. The number of morpholine rings is 1. The first-order valence-electron chi connectivity index (χ1n) is 8.55. The molecule has 0 radical (unpaired) electrons. The Kier molecular flexibility index (Phi) is 4.48. The highest BCUT2D eigenvalue weighted by atomic mass is 16.5. The Morgan fingerprint density at radius 2 is 2.05 bits per heavy atom. The van der Waals surface area contributed by atoms with Crippen molar-refractivity contribution < 1.29 is 13.9 Å². The van der Waals surface area contributed by atoms with Crippen LogP contribution in [0.4, 0.5) is 0 Å². The SMILES string of the molecule is c1coc(CN2CC[C@H]3CO[C@H](CN4CCOCC4)[C@H]3C2)c1. The zero-order chi connectivity index (χ0) is 14.8. The van der Waals surface area contributed by atoms with Gasteiger partial charge in [-0.3, -0.25) is 9.80 Å². The van der Waals surface area contributed by atoms with Crippen molar-refractivity contribution in [2.75, 3.05) is 52.5 Å². The maximum Gasteiger partial charge on any atom is 0.117 e. The highest BCUT2D eigenvalue weighted by molar-refractivity contribution is 4.99. The largest absolute Gasteiger partial charge is 0.468 e. The van der Waals surface area contributed by atoms with E-state index in [9.17, 15) is 0 Å². The lowest BCUT2D eigenvalue weighted by Crippen LogP contribution is -2.47. The molecule has 3 atom stereocenters. The van der Waals surface area contributed by atoms with Crippen LogP contribution in [0.2, 0.25) is 0 Å². The molecule has 0 amide bonds. The molecule has 0 aliphatic carbocycles. The molecule has 3 aliphatic rings. The molecule has 22 heavy (non-hydrogen) atoms. The van der Waals surface area contributed by atoms with Gasteiger partial charge in [0, 0.05) is 32.1 Å². The Labute approximate surface area is 132 Å². The Bertz CT molecular complexity index is 458. The molecule has 0 unspecified atom stereocenters. The van der Waals surface area contributed by atoms with E-state index in [0.717, 1.165) is 70.8 Å². The van der Waals surface area contributed by atoms with E-state index in [-0.39, 0.29) is 0 Å². The molecule has 4 heterocycles. The van der Waals surface area contributed by atoms with Crippen molar-refractivity contribution in [3.63, 3.8) is 0 Å². The molecule has 3 aliphatic heterocycles. The Hall–Kier alpha value is -0.880. The van der Waals surface area contributed by atoms with E-state index in [1.807, 2.05) is 6.07 Å². The monoisotopic (exact) mass is 306 g/mol. The molecule has 0 spiro atoms. The van der Waals surface area contributed by atoms with Crippen LogP contribution in [0.5, 0.6) is 0 Å². The minimum atomic E-state index is 0.391. The molecule has 4 rings (SSSR count). The van der Waals surface area contributed by atoms with E-state index in [1.54, 1.807) is 6.26 Å². The molecule has 3 saturated heterocycles. The molecule has 5 heteroatoms. The van der Waals surface area contributed by atoms with Crippen LogP contribution in [-0.4, -0.2) is 68.4 Å². The summed E-state index contributed by atoms with van der Waals surface area (Å²) in [6.07, 6.45) is 3.41. The third kappa shape index (κ3) is 3.23. The number of furan rings is 1. The summed E-state index contributed by atoms with van der Waals surface area (Å²) < 4.78 is 17.1. The Balaban J connectivity index is 1.34. The maximum absolute atomic E-state index is 6.15. The van der Waals surface area contributed by atoms with Crippen LogP contribution in [0.15, 0.2) is 22.8 Å². The normalized spacial score (nSPS) is 33.9. The number of hydrogen-bond donors (Lipinski definition) is 0. The van der Waals surface area contributed by atoms with Crippen LogP contribution in [-0.2, 0) is 16.0 Å². The van der Waals surface area contributed by atoms with Gasteiger partial charge >= 0.3 is 0 Å². The molecule has 0 saturated carbocycles. The van der Waals surface area contributed by atoms with Crippen LogP contribution in [0, 0.1) is 11.8 Å². The van der Waals surface area contributed by atoms with E-state index in [4.69, 9.17) is 13.9 Å². The van der Waals surface area contributed by atoms with Gasteiger partial charge in [0.05, 0.1) is 38.7 Å². The number of hydrogen-bond acceptors (Lipinski definition) is 5. The first-order chi connectivity index (χ1) is 10.9. The van der Waals surface area contributed by atoms with Crippen LogP contribution < -0.4 is 0 Å². The van der Waals surface area contributed by atoms with Crippen molar-refractivity contribution in [2.45, 2.75) is 19.1 Å². The molecule has 0 N–H and O–H groups in total. The minimum Gasteiger partial charge on any atom is -0.468 e. The van der Waals surface area contributed by atoms with Crippen LogP contribution in [0.1, 0.15) is 12.2 Å². The summed E-state index contributed by atoms with van der Waals surface area (Å²) in [6.45, 7) is 9.08. The van der Waals surface area contributed by atoms with Crippen molar-refractivity contribution in [3.05, 3.63) is 24.2 Å². The molecule has 3 fully saturated rings. The standard InChI is InChI=1S/C17H26N2O3/c1-2-15(21-7-1)10-19-4-3-14-13-22-17(16(14)11-19)12-18-5-8-20-9-6-18/h1-2,7,14,16-17H,3-6,8-13H2/t14-,16-,17+/m0/s1. The highest BCUT2D eigenvalue weighted by Crippen LogP contribution is 2.35. The average Bonchev–Trinajstić information content (AvgIpc) is 3.19. The van der Waals surface area contributed by atoms with Crippen LogP contribution in [0.25, 0.3) is 0 Å². The molecule has 1 aromatic heterocycles. The summed E-state index contributed by atoms with van der Waals surface area (Å²) in [5.74, 6) is 2.49. The Morgan fingerprint density at radius 1 is 1.14 bits per heavy atom. The fourth-order valence-electron chi connectivity index (χ4n) is 4.09. The number of nitrogens with zero attached hydrogens (tertiary/aromatic N) is 2.